The monoisotopic (exact) mass is 473 g/mol. The Kier molecular flexibility index (Phi) is 5.90. The first-order valence-corrected chi connectivity index (χ1v) is 11.0. The Balaban J connectivity index is 1.66. The second kappa shape index (κ2) is 8.42. The molecule has 2 aliphatic heterocycles. The quantitative estimate of drug-likeness (QED) is 0.667. The minimum atomic E-state index is -0.516. The van der Waals surface area contributed by atoms with Gasteiger partial charge in [-0.05, 0) is 30.3 Å². The summed E-state index contributed by atoms with van der Waals surface area (Å²) in [4.78, 5) is 19.5. The average Bonchev–Trinajstić information content (AvgIpc) is 3.09. The van der Waals surface area contributed by atoms with Crippen LogP contribution in [0.1, 0.15) is 15.9 Å². The number of hydrogen-bond acceptors (Lipinski definition) is 4. The number of amides is 1. The van der Waals surface area contributed by atoms with E-state index in [9.17, 15) is 9.18 Å². The SMILES string of the molecule is C=CCN1C[C@@H]2CN=C(NC(=O)c3ccccc3)S[C@@]2(c2cc(Br)ccc2F)C1. The van der Waals surface area contributed by atoms with Gasteiger partial charge < -0.3 is 5.32 Å². The van der Waals surface area contributed by atoms with E-state index in [0.717, 1.165) is 17.6 Å². The molecule has 2 aliphatic rings. The summed E-state index contributed by atoms with van der Waals surface area (Å²) >= 11 is 4.94. The van der Waals surface area contributed by atoms with Crippen molar-refractivity contribution in [1.29, 1.82) is 0 Å². The summed E-state index contributed by atoms with van der Waals surface area (Å²) in [7, 11) is 0. The molecule has 2 aromatic carbocycles. The number of likely N-dealkylation sites (tertiary alicyclic amines) is 1. The lowest BCUT2D eigenvalue weighted by Gasteiger charge is -2.37. The van der Waals surface area contributed by atoms with Gasteiger partial charge in [-0.2, -0.15) is 0 Å². The normalized spacial score (nSPS) is 23.9. The van der Waals surface area contributed by atoms with Gasteiger partial charge >= 0.3 is 0 Å². The van der Waals surface area contributed by atoms with Gasteiger partial charge in [0.25, 0.3) is 5.91 Å². The van der Waals surface area contributed by atoms with Crippen LogP contribution in [0.4, 0.5) is 4.39 Å². The highest BCUT2D eigenvalue weighted by Gasteiger charge is 2.52. The molecule has 4 nitrogen and oxygen atoms in total. The fourth-order valence-electron chi connectivity index (χ4n) is 4.03. The smallest absolute Gasteiger partial charge is 0.257 e. The Morgan fingerprint density at radius 1 is 1.38 bits per heavy atom. The van der Waals surface area contributed by atoms with E-state index in [1.54, 1.807) is 18.2 Å². The maximum Gasteiger partial charge on any atom is 0.257 e. The lowest BCUT2D eigenvalue weighted by molar-refractivity contribution is 0.0977. The Morgan fingerprint density at radius 2 is 2.17 bits per heavy atom. The van der Waals surface area contributed by atoms with Gasteiger partial charge in [-0.3, -0.25) is 14.7 Å². The van der Waals surface area contributed by atoms with Crippen molar-refractivity contribution >= 4 is 38.8 Å². The summed E-state index contributed by atoms with van der Waals surface area (Å²) in [6.07, 6.45) is 1.87. The standard InChI is InChI=1S/C22H21BrFN3OS/c1-2-10-27-13-16-12-25-21(26-20(28)15-6-4-3-5-7-15)29-22(16,14-27)18-11-17(23)8-9-19(18)24/h2-9,11,16H,1,10,12-14H2,(H,25,26,28)/t16-,22-/m0/s1. The largest absolute Gasteiger partial charge is 0.301 e. The van der Waals surface area contributed by atoms with Crippen molar-refractivity contribution in [1.82, 2.24) is 10.2 Å². The number of nitrogens with zero attached hydrogens (tertiary/aromatic N) is 2. The molecule has 0 spiro atoms. The molecule has 0 unspecified atom stereocenters. The van der Waals surface area contributed by atoms with E-state index < -0.39 is 4.75 Å². The van der Waals surface area contributed by atoms with E-state index in [-0.39, 0.29) is 17.6 Å². The van der Waals surface area contributed by atoms with E-state index in [4.69, 9.17) is 0 Å². The highest BCUT2D eigenvalue weighted by molar-refractivity contribution is 9.10. The van der Waals surface area contributed by atoms with Crippen LogP contribution in [-0.4, -0.2) is 42.2 Å². The van der Waals surface area contributed by atoms with Gasteiger partial charge in [0.15, 0.2) is 5.17 Å². The molecule has 0 saturated carbocycles. The molecule has 2 aromatic rings. The van der Waals surface area contributed by atoms with Crippen LogP contribution >= 0.6 is 27.7 Å². The molecule has 4 rings (SSSR count). The van der Waals surface area contributed by atoms with Crippen LogP contribution < -0.4 is 5.32 Å². The minimum absolute atomic E-state index is 0.147. The van der Waals surface area contributed by atoms with Crippen LogP contribution in [0.25, 0.3) is 0 Å². The topological polar surface area (TPSA) is 44.7 Å². The molecular weight excluding hydrogens is 453 g/mol. The summed E-state index contributed by atoms with van der Waals surface area (Å²) in [6, 6.07) is 14.1. The lowest BCUT2D eigenvalue weighted by Crippen LogP contribution is -2.43. The van der Waals surface area contributed by atoms with Crippen LogP contribution in [0.15, 0.2) is 70.7 Å². The number of benzene rings is 2. The van der Waals surface area contributed by atoms with Crippen molar-refractivity contribution in [2.24, 2.45) is 10.9 Å². The second-order valence-electron chi connectivity index (χ2n) is 7.26. The summed E-state index contributed by atoms with van der Waals surface area (Å²) in [5, 5.41) is 3.46. The number of fused-ring (bicyclic) bond motifs is 1. The van der Waals surface area contributed by atoms with Crippen LogP contribution in [-0.2, 0) is 4.75 Å². The van der Waals surface area contributed by atoms with Crippen molar-refractivity contribution in [3.8, 4) is 0 Å². The van der Waals surface area contributed by atoms with Crippen LogP contribution in [0.3, 0.4) is 0 Å². The Bertz CT molecular complexity index is 968. The van der Waals surface area contributed by atoms with Gasteiger partial charge in [0.1, 0.15) is 5.82 Å². The fraction of sp³-hybridized carbons (Fsp3) is 0.273. The average molecular weight is 474 g/mol. The van der Waals surface area contributed by atoms with Crippen molar-refractivity contribution in [2.75, 3.05) is 26.2 Å². The molecular formula is C22H21BrFN3OS. The lowest BCUT2D eigenvalue weighted by atomic mass is 9.87. The predicted molar refractivity (Wildman–Crippen MR) is 120 cm³/mol. The molecule has 1 saturated heterocycles. The van der Waals surface area contributed by atoms with Crippen LogP contribution in [0.5, 0.6) is 0 Å². The van der Waals surface area contributed by atoms with E-state index in [2.05, 4.69) is 37.7 Å². The maximum absolute atomic E-state index is 15.0. The number of thioether (sulfide) groups is 1. The number of carbonyl (C=O) groups excluding carboxylic acids is 1. The first-order valence-electron chi connectivity index (χ1n) is 9.40. The second-order valence-corrected chi connectivity index (χ2v) is 9.50. The molecule has 1 amide bonds. The number of hydrogen-bond donors (Lipinski definition) is 1. The first-order chi connectivity index (χ1) is 14.0. The molecule has 2 heterocycles. The van der Waals surface area contributed by atoms with Crippen LogP contribution in [0.2, 0.25) is 0 Å². The van der Waals surface area contributed by atoms with Crippen molar-refractivity contribution in [2.45, 2.75) is 4.75 Å². The van der Waals surface area contributed by atoms with Crippen molar-refractivity contribution < 1.29 is 9.18 Å². The van der Waals surface area contributed by atoms with Crippen LogP contribution in [0, 0.1) is 11.7 Å². The molecule has 2 atom stereocenters. The van der Waals surface area contributed by atoms with Crippen molar-refractivity contribution in [3.63, 3.8) is 0 Å². The molecule has 0 aromatic heterocycles. The molecule has 0 aliphatic carbocycles. The van der Waals surface area contributed by atoms with Gasteiger partial charge in [0, 0.05) is 47.7 Å². The number of aliphatic imine (C=N–C) groups is 1. The summed E-state index contributed by atoms with van der Waals surface area (Å²) < 4.78 is 15.3. The van der Waals surface area contributed by atoms with Gasteiger partial charge in [-0.1, -0.05) is 52.0 Å². The summed E-state index contributed by atoms with van der Waals surface area (Å²) in [6.45, 7) is 6.60. The zero-order valence-corrected chi connectivity index (χ0v) is 18.2. The zero-order valence-electron chi connectivity index (χ0n) is 15.8. The maximum atomic E-state index is 15.0. The third-order valence-corrected chi connectivity index (χ3v) is 7.32. The van der Waals surface area contributed by atoms with Gasteiger partial charge in [-0.25, -0.2) is 4.39 Å². The molecule has 0 radical (unpaired) electrons. The Morgan fingerprint density at radius 3 is 2.93 bits per heavy atom. The highest BCUT2D eigenvalue weighted by atomic mass is 79.9. The number of halogens is 2. The molecule has 0 bridgehead atoms. The zero-order chi connectivity index (χ0) is 20.4. The van der Waals surface area contributed by atoms with E-state index in [0.29, 0.717) is 29.4 Å². The molecule has 1 fully saturated rings. The minimum Gasteiger partial charge on any atom is -0.301 e. The van der Waals surface area contributed by atoms with Gasteiger partial charge in [0.2, 0.25) is 0 Å². The van der Waals surface area contributed by atoms with E-state index >= 15 is 0 Å². The van der Waals surface area contributed by atoms with Gasteiger partial charge in [0.05, 0.1) is 4.75 Å². The van der Waals surface area contributed by atoms with Gasteiger partial charge in [-0.15, -0.1) is 6.58 Å². The molecule has 7 heteroatoms. The molecule has 29 heavy (non-hydrogen) atoms. The number of nitrogens with one attached hydrogen (secondary N) is 1. The first kappa shape index (κ1) is 20.3. The summed E-state index contributed by atoms with van der Waals surface area (Å²) in [5.74, 6) is -0.295. The number of amidine groups is 1. The third-order valence-electron chi connectivity index (χ3n) is 5.36. The highest BCUT2D eigenvalue weighted by Crippen LogP contribution is 2.51. The Hall–Kier alpha value is -1.96. The summed E-state index contributed by atoms with van der Waals surface area (Å²) in [5.41, 5.74) is 1.22. The molecule has 150 valence electrons. The molecule has 1 N–H and O–H groups in total. The number of rotatable bonds is 4. The Labute approximate surface area is 182 Å². The van der Waals surface area contributed by atoms with Crippen molar-refractivity contribution in [3.05, 3.63) is 82.6 Å². The predicted octanol–water partition coefficient (Wildman–Crippen LogP) is 4.43. The number of carbonyl (C=O) groups is 1. The van der Waals surface area contributed by atoms with E-state index in [1.807, 2.05) is 30.3 Å². The fourth-order valence-corrected chi connectivity index (χ4v) is 5.85. The van der Waals surface area contributed by atoms with E-state index in [1.165, 1.54) is 17.8 Å². The third kappa shape index (κ3) is 4.04.